The number of aromatic nitrogens is 4. The van der Waals surface area contributed by atoms with Gasteiger partial charge < -0.3 is 8.98 Å². The summed E-state index contributed by atoms with van der Waals surface area (Å²) in [4.78, 5) is 10.8. The highest BCUT2D eigenvalue weighted by molar-refractivity contribution is 6.24. The third-order valence-electron chi connectivity index (χ3n) is 11.6. The first-order valence-corrected chi connectivity index (χ1v) is 19.6. The third kappa shape index (κ3) is 4.89. The molecule has 57 heavy (non-hydrogen) atoms. The van der Waals surface area contributed by atoms with Gasteiger partial charge in [0.25, 0.3) is 0 Å². The van der Waals surface area contributed by atoms with Gasteiger partial charge in [-0.1, -0.05) is 133 Å². The van der Waals surface area contributed by atoms with Crippen LogP contribution in [0.4, 0.5) is 0 Å². The molecule has 0 N–H and O–H groups in total. The van der Waals surface area contributed by atoms with Crippen LogP contribution in [0.2, 0.25) is 0 Å². The molecule has 5 nitrogen and oxygen atoms in total. The van der Waals surface area contributed by atoms with Crippen LogP contribution in [0.1, 0.15) is 17.7 Å². The second-order valence-electron chi connectivity index (χ2n) is 14.9. The molecule has 0 fully saturated rings. The van der Waals surface area contributed by atoms with Crippen LogP contribution in [0.3, 0.4) is 0 Å². The van der Waals surface area contributed by atoms with Crippen LogP contribution < -0.4 is 0 Å². The Kier molecular flexibility index (Phi) is 6.99. The van der Waals surface area contributed by atoms with Crippen molar-refractivity contribution >= 4 is 60.7 Å². The molecule has 0 saturated carbocycles. The highest BCUT2D eigenvalue weighted by atomic mass is 16.3. The van der Waals surface area contributed by atoms with E-state index in [9.17, 15) is 0 Å². The van der Waals surface area contributed by atoms with Crippen molar-refractivity contribution in [2.24, 2.45) is 0 Å². The number of hydrogen-bond donors (Lipinski definition) is 0. The number of furan rings is 1. The predicted molar refractivity (Wildman–Crippen MR) is 234 cm³/mol. The topological polar surface area (TPSA) is 48.8 Å². The van der Waals surface area contributed by atoms with Gasteiger partial charge in [0.05, 0.1) is 38.8 Å². The quantitative estimate of drug-likeness (QED) is 0.177. The molecule has 0 atom stereocenters. The first kappa shape index (κ1) is 31.8. The Morgan fingerprint density at radius 2 is 1.11 bits per heavy atom. The van der Waals surface area contributed by atoms with E-state index in [0.29, 0.717) is 5.95 Å². The summed E-state index contributed by atoms with van der Waals surface area (Å²) in [5.74, 6) is 1.55. The van der Waals surface area contributed by atoms with E-state index in [1.807, 2.05) is 12.1 Å². The van der Waals surface area contributed by atoms with Crippen molar-refractivity contribution in [3.63, 3.8) is 0 Å². The SMILES string of the molecule is C1=Cc2oc3c(cc(-c4ccc5c6ccccc6n(-c6ccccc6)c5c4)c4c3c3ccccc3n4-c3nc(-c4ccccc4)cc(-c4ccccc4)n3)c2CC1. The largest absolute Gasteiger partial charge is 0.456 e. The normalized spacial score (nSPS) is 12.7. The maximum atomic E-state index is 6.88. The predicted octanol–water partition coefficient (Wildman–Crippen LogP) is 13.4. The van der Waals surface area contributed by atoms with E-state index >= 15 is 0 Å². The van der Waals surface area contributed by atoms with Gasteiger partial charge in [-0.05, 0) is 66.9 Å². The lowest BCUT2D eigenvalue weighted by Crippen LogP contribution is -2.04. The average Bonchev–Trinajstić information content (AvgIpc) is 3.94. The molecule has 11 aromatic rings. The molecule has 1 aliphatic carbocycles. The molecule has 268 valence electrons. The highest BCUT2D eigenvalue weighted by Crippen LogP contribution is 2.46. The second kappa shape index (κ2) is 12.5. The van der Waals surface area contributed by atoms with Gasteiger partial charge >= 0.3 is 0 Å². The molecule has 7 aromatic carbocycles. The Morgan fingerprint density at radius 3 is 1.82 bits per heavy atom. The van der Waals surface area contributed by atoms with E-state index in [0.717, 1.165) is 96.2 Å². The Balaban J connectivity index is 1.23. The smallest absolute Gasteiger partial charge is 0.235 e. The van der Waals surface area contributed by atoms with Gasteiger partial charge in [-0.25, -0.2) is 9.97 Å². The van der Waals surface area contributed by atoms with Crippen molar-refractivity contribution in [1.29, 1.82) is 0 Å². The van der Waals surface area contributed by atoms with E-state index < -0.39 is 0 Å². The fourth-order valence-electron chi connectivity index (χ4n) is 9.05. The summed E-state index contributed by atoms with van der Waals surface area (Å²) in [5, 5.41) is 5.78. The lowest BCUT2D eigenvalue weighted by Gasteiger charge is -2.14. The lowest BCUT2D eigenvalue weighted by atomic mass is 9.94. The summed E-state index contributed by atoms with van der Waals surface area (Å²) in [6.07, 6.45) is 6.29. The molecule has 0 bridgehead atoms. The number of fused-ring (bicyclic) bond motifs is 10. The summed E-state index contributed by atoms with van der Waals surface area (Å²) >= 11 is 0. The number of benzene rings is 7. The Labute approximate surface area is 328 Å². The van der Waals surface area contributed by atoms with Crippen molar-refractivity contribution < 1.29 is 4.42 Å². The van der Waals surface area contributed by atoms with Crippen LogP contribution in [-0.4, -0.2) is 19.1 Å². The van der Waals surface area contributed by atoms with Crippen molar-refractivity contribution in [3.05, 3.63) is 187 Å². The molecular weight excluding hydrogens is 697 g/mol. The van der Waals surface area contributed by atoms with Gasteiger partial charge in [0.2, 0.25) is 5.95 Å². The standard InChI is InChI=1S/C52H34N4O/c1-4-16-33(17-5-1)43-32-44(34-18-6-2-7-19-34)54-52(53-43)56-46-26-14-11-24-40(46)49-50(56)41(31-42-39-23-12-15-27-48(39)57-51(42)49)35-28-29-38-37-22-10-13-25-45(37)55(47(38)30-35)36-20-8-3-9-21-36/h1-11,13-22,24-32H,12,23H2. The number of allylic oxidation sites excluding steroid dienone is 1. The van der Waals surface area contributed by atoms with E-state index in [1.54, 1.807) is 0 Å². The molecule has 0 radical (unpaired) electrons. The lowest BCUT2D eigenvalue weighted by molar-refractivity contribution is 0.598. The molecular formula is C52H34N4O. The zero-order chi connectivity index (χ0) is 37.5. The van der Waals surface area contributed by atoms with Gasteiger partial charge in [0, 0.05) is 49.5 Å². The molecule has 1 aliphatic rings. The zero-order valence-electron chi connectivity index (χ0n) is 30.9. The van der Waals surface area contributed by atoms with E-state index in [4.69, 9.17) is 14.4 Å². The van der Waals surface area contributed by atoms with E-state index in [2.05, 4.69) is 179 Å². The number of hydrogen-bond acceptors (Lipinski definition) is 3. The minimum atomic E-state index is 0.609. The van der Waals surface area contributed by atoms with Crippen molar-refractivity contribution in [1.82, 2.24) is 19.1 Å². The van der Waals surface area contributed by atoms with E-state index in [-0.39, 0.29) is 0 Å². The molecule has 0 unspecified atom stereocenters. The summed E-state index contributed by atoms with van der Waals surface area (Å²) in [5.41, 5.74) is 13.7. The molecule has 0 spiro atoms. The van der Waals surface area contributed by atoms with Crippen molar-refractivity contribution in [2.45, 2.75) is 12.8 Å². The number of rotatable bonds is 5. The maximum Gasteiger partial charge on any atom is 0.235 e. The van der Waals surface area contributed by atoms with Crippen LogP contribution in [-0.2, 0) is 6.42 Å². The van der Waals surface area contributed by atoms with Crippen LogP contribution >= 0.6 is 0 Å². The summed E-state index contributed by atoms with van der Waals surface area (Å²) < 4.78 is 11.5. The van der Waals surface area contributed by atoms with Crippen LogP contribution in [0.15, 0.2) is 180 Å². The van der Waals surface area contributed by atoms with Crippen LogP contribution in [0, 0.1) is 0 Å². The van der Waals surface area contributed by atoms with Crippen molar-refractivity contribution in [2.75, 3.05) is 0 Å². The number of aryl methyl sites for hydroxylation is 1. The van der Waals surface area contributed by atoms with Gasteiger partial charge in [-0.2, -0.15) is 0 Å². The van der Waals surface area contributed by atoms with Gasteiger partial charge in [-0.15, -0.1) is 0 Å². The molecule has 0 saturated heterocycles. The first-order valence-electron chi connectivity index (χ1n) is 19.6. The summed E-state index contributed by atoms with van der Waals surface area (Å²) in [6.45, 7) is 0. The minimum absolute atomic E-state index is 0.609. The van der Waals surface area contributed by atoms with Gasteiger partial charge in [-0.3, -0.25) is 4.57 Å². The molecule has 5 heteroatoms. The Bertz CT molecular complexity index is 3330. The van der Waals surface area contributed by atoms with Crippen molar-refractivity contribution in [3.8, 4) is 45.3 Å². The second-order valence-corrected chi connectivity index (χ2v) is 14.9. The zero-order valence-corrected chi connectivity index (χ0v) is 30.9. The maximum absolute atomic E-state index is 6.88. The van der Waals surface area contributed by atoms with Crippen LogP contribution in [0.5, 0.6) is 0 Å². The summed E-state index contributed by atoms with van der Waals surface area (Å²) in [7, 11) is 0. The molecule has 0 amide bonds. The van der Waals surface area contributed by atoms with Gasteiger partial charge in [0.15, 0.2) is 0 Å². The monoisotopic (exact) mass is 730 g/mol. The van der Waals surface area contributed by atoms with Crippen LogP contribution in [0.25, 0.3) is 106 Å². The van der Waals surface area contributed by atoms with E-state index in [1.165, 1.54) is 21.9 Å². The fourth-order valence-corrected chi connectivity index (χ4v) is 9.05. The third-order valence-corrected chi connectivity index (χ3v) is 11.6. The number of para-hydroxylation sites is 3. The fraction of sp³-hybridized carbons (Fsp3) is 0.0385. The molecule has 0 aliphatic heterocycles. The Hall–Kier alpha value is -7.50. The molecule has 12 rings (SSSR count). The molecule has 4 heterocycles. The van der Waals surface area contributed by atoms with Gasteiger partial charge in [0.1, 0.15) is 11.3 Å². The highest BCUT2D eigenvalue weighted by Gasteiger charge is 2.27. The Morgan fingerprint density at radius 1 is 0.491 bits per heavy atom. The molecule has 4 aromatic heterocycles. The first-order chi connectivity index (χ1) is 28.3. The minimum Gasteiger partial charge on any atom is -0.456 e. The summed E-state index contributed by atoms with van der Waals surface area (Å²) in [6, 6.07) is 60.2. The average molecular weight is 731 g/mol. The number of nitrogens with zero attached hydrogens (tertiary/aromatic N) is 4.